The lowest BCUT2D eigenvalue weighted by Crippen LogP contribution is -2.25. The molecule has 0 saturated carbocycles. The van der Waals surface area contributed by atoms with Crippen molar-refractivity contribution in [2.75, 3.05) is 0 Å². The normalized spacial score (nSPS) is 12.5. The zero-order chi connectivity index (χ0) is 15.5. The monoisotopic (exact) mass is 316 g/mol. The third kappa shape index (κ3) is 3.21. The van der Waals surface area contributed by atoms with Crippen LogP contribution in [0.3, 0.4) is 0 Å². The van der Waals surface area contributed by atoms with Crippen LogP contribution < -0.4 is 5.32 Å². The number of hydrogen-bond acceptors (Lipinski definition) is 4. The van der Waals surface area contributed by atoms with E-state index in [4.69, 9.17) is 16.0 Å². The summed E-state index contributed by atoms with van der Waals surface area (Å²) < 4.78 is 7.24. The van der Waals surface area contributed by atoms with Crippen LogP contribution in [0.5, 0.6) is 0 Å². The Balaban J connectivity index is 1.86. The predicted octanol–water partition coefficient (Wildman–Crippen LogP) is 3.25. The van der Waals surface area contributed by atoms with Crippen molar-refractivity contribution >= 4 is 11.6 Å². The summed E-state index contributed by atoms with van der Waals surface area (Å²) in [5.74, 6) is 1.60. The molecular weight excluding hydrogens is 300 g/mol. The average molecular weight is 317 g/mol. The number of aryl methyl sites for hydroxylation is 2. The van der Waals surface area contributed by atoms with Crippen LogP contribution in [0.1, 0.15) is 29.0 Å². The maximum atomic E-state index is 5.98. The largest absolute Gasteiger partial charge is 0.449 e. The fourth-order valence-electron chi connectivity index (χ4n) is 2.36. The summed E-state index contributed by atoms with van der Waals surface area (Å²) in [7, 11) is 1.98. The molecule has 0 fully saturated rings. The smallest absolute Gasteiger partial charge is 0.191 e. The molecule has 0 aliphatic rings. The Kier molecular flexibility index (Phi) is 4.27. The first-order valence-electron chi connectivity index (χ1n) is 7.00. The second kappa shape index (κ2) is 6.34. The van der Waals surface area contributed by atoms with E-state index in [0.29, 0.717) is 12.4 Å². The molecule has 0 saturated heterocycles. The molecule has 1 N–H and O–H groups in total. The lowest BCUT2D eigenvalue weighted by Gasteiger charge is -2.18. The van der Waals surface area contributed by atoms with Crippen molar-refractivity contribution < 1.29 is 4.42 Å². The lowest BCUT2D eigenvalue weighted by atomic mass is 10.1. The van der Waals surface area contributed by atoms with Gasteiger partial charge in [0.1, 0.15) is 12.1 Å². The summed E-state index contributed by atoms with van der Waals surface area (Å²) in [5, 5.41) is 4.20. The van der Waals surface area contributed by atoms with Gasteiger partial charge in [-0.3, -0.25) is 5.32 Å². The van der Waals surface area contributed by atoms with Gasteiger partial charge in [0.05, 0.1) is 11.7 Å². The van der Waals surface area contributed by atoms with Gasteiger partial charge < -0.3 is 8.98 Å². The molecule has 0 aliphatic heterocycles. The van der Waals surface area contributed by atoms with E-state index in [9.17, 15) is 0 Å². The minimum absolute atomic E-state index is 0.0470. The summed E-state index contributed by atoms with van der Waals surface area (Å²) in [6, 6.07) is 7.73. The molecule has 2 aromatic heterocycles. The Bertz CT molecular complexity index is 748. The molecule has 114 valence electrons. The van der Waals surface area contributed by atoms with Gasteiger partial charge >= 0.3 is 0 Å². The Morgan fingerprint density at radius 1 is 1.32 bits per heavy atom. The van der Waals surface area contributed by atoms with E-state index in [0.717, 1.165) is 22.1 Å². The zero-order valence-corrected chi connectivity index (χ0v) is 13.2. The summed E-state index contributed by atoms with van der Waals surface area (Å²) in [6.45, 7) is 2.43. The minimum Gasteiger partial charge on any atom is -0.449 e. The quantitative estimate of drug-likeness (QED) is 0.785. The topological polar surface area (TPSA) is 55.9 Å². The highest BCUT2D eigenvalue weighted by molar-refractivity contribution is 6.30. The minimum atomic E-state index is -0.0470. The number of imidazole rings is 1. The maximum Gasteiger partial charge on any atom is 0.191 e. The number of benzene rings is 1. The SMILES string of the molecule is Cc1nc(CNC(c2ccc(Cl)cc2)c2nccn2C)co1. The molecule has 1 atom stereocenters. The van der Waals surface area contributed by atoms with Gasteiger partial charge in [0.15, 0.2) is 5.89 Å². The molecule has 3 aromatic rings. The van der Waals surface area contributed by atoms with E-state index in [1.54, 1.807) is 12.5 Å². The van der Waals surface area contributed by atoms with Crippen molar-refractivity contribution in [2.45, 2.75) is 19.5 Å². The molecule has 0 amide bonds. The number of hydrogen-bond donors (Lipinski definition) is 1. The van der Waals surface area contributed by atoms with Gasteiger partial charge in [-0.15, -0.1) is 0 Å². The summed E-state index contributed by atoms with van der Waals surface area (Å²) >= 11 is 5.98. The van der Waals surface area contributed by atoms with Crippen molar-refractivity contribution in [2.24, 2.45) is 7.05 Å². The summed E-state index contributed by atoms with van der Waals surface area (Å²) in [4.78, 5) is 8.77. The molecule has 0 aliphatic carbocycles. The Morgan fingerprint density at radius 2 is 2.09 bits per heavy atom. The first-order valence-corrected chi connectivity index (χ1v) is 7.38. The number of oxazole rings is 1. The van der Waals surface area contributed by atoms with Crippen LogP contribution in [0.2, 0.25) is 5.02 Å². The van der Waals surface area contributed by atoms with E-state index >= 15 is 0 Å². The molecule has 0 radical (unpaired) electrons. The first kappa shape index (κ1) is 14.8. The highest BCUT2D eigenvalue weighted by Crippen LogP contribution is 2.22. The maximum absolute atomic E-state index is 5.98. The molecule has 1 aromatic carbocycles. The molecule has 0 bridgehead atoms. The van der Waals surface area contributed by atoms with E-state index in [-0.39, 0.29) is 6.04 Å². The van der Waals surface area contributed by atoms with E-state index < -0.39 is 0 Å². The Labute approximate surface area is 134 Å². The van der Waals surface area contributed by atoms with Crippen LogP contribution in [0.15, 0.2) is 47.3 Å². The van der Waals surface area contributed by atoms with Crippen molar-refractivity contribution in [3.63, 3.8) is 0 Å². The number of rotatable bonds is 5. The van der Waals surface area contributed by atoms with E-state index in [1.165, 1.54) is 0 Å². The van der Waals surface area contributed by atoms with Gasteiger partial charge in [-0.25, -0.2) is 9.97 Å². The predicted molar refractivity (Wildman–Crippen MR) is 84.6 cm³/mol. The van der Waals surface area contributed by atoms with Gasteiger partial charge in [-0.2, -0.15) is 0 Å². The van der Waals surface area contributed by atoms with Gasteiger partial charge in [-0.05, 0) is 17.7 Å². The second-order valence-corrected chi connectivity index (χ2v) is 5.56. The van der Waals surface area contributed by atoms with Gasteiger partial charge in [0.25, 0.3) is 0 Å². The molecule has 3 rings (SSSR count). The van der Waals surface area contributed by atoms with Crippen LogP contribution in [-0.2, 0) is 13.6 Å². The lowest BCUT2D eigenvalue weighted by molar-refractivity contribution is 0.517. The van der Waals surface area contributed by atoms with Crippen molar-refractivity contribution in [1.82, 2.24) is 19.9 Å². The van der Waals surface area contributed by atoms with Crippen LogP contribution in [0.25, 0.3) is 0 Å². The van der Waals surface area contributed by atoms with Crippen LogP contribution in [0.4, 0.5) is 0 Å². The molecular formula is C16H17ClN4O. The number of aromatic nitrogens is 3. The Morgan fingerprint density at radius 3 is 2.68 bits per heavy atom. The number of halogens is 1. The second-order valence-electron chi connectivity index (χ2n) is 5.12. The third-order valence-electron chi connectivity index (χ3n) is 3.47. The van der Waals surface area contributed by atoms with Crippen molar-refractivity contribution in [3.05, 3.63) is 70.9 Å². The van der Waals surface area contributed by atoms with Crippen LogP contribution in [-0.4, -0.2) is 14.5 Å². The highest BCUT2D eigenvalue weighted by Gasteiger charge is 2.18. The summed E-state index contributed by atoms with van der Waals surface area (Å²) in [5.41, 5.74) is 1.96. The molecule has 22 heavy (non-hydrogen) atoms. The molecule has 5 nitrogen and oxygen atoms in total. The molecule has 6 heteroatoms. The zero-order valence-electron chi connectivity index (χ0n) is 12.5. The number of nitrogens with one attached hydrogen (secondary N) is 1. The molecule has 0 spiro atoms. The van der Waals surface area contributed by atoms with Crippen LogP contribution >= 0.6 is 11.6 Å². The van der Waals surface area contributed by atoms with E-state index in [1.807, 2.05) is 49.0 Å². The fraction of sp³-hybridized carbons (Fsp3) is 0.250. The molecule has 2 heterocycles. The first-order chi connectivity index (χ1) is 10.6. The fourth-order valence-corrected chi connectivity index (χ4v) is 2.49. The standard InChI is InChI=1S/C16H17ClN4O/c1-11-20-14(10-22-11)9-19-15(16-18-7-8-21(16)2)12-3-5-13(17)6-4-12/h3-8,10,15,19H,9H2,1-2H3. The van der Waals surface area contributed by atoms with Gasteiger partial charge in [-0.1, -0.05) is 23.7 Å². The molecule has 1 unspecified atom stereocenters. The van der Waals surface area contributed by atoms with Crippen LogP contribution in [0, 0.1) is 6.92 Å². The Hall–Kier alpha value is -2.11. The van der Waals surface area contributed by atoms with Crippen molar-refractivity contribution in [3.8, 4) is 0 Å². The van der Waals surface area contributed by atoms with Crippen molar-refractivity contribution in [1.29, 1.82) is 0 Å². The van der Waals surface area contributed by atoms with Gasteiger partial charge in [0, 0.05) is 37.9 Å². The third-order valence-corrected chi connectivity index (χ3v) is 3.73. The number of nitrogens with zero attached hydrogens (tertiary/aromatic N) is 3. The van der Waals surface area contributed by atoms with E-state index in [2.05, 4.69) is 15.3 Å². The highest BCUT2D eigenvalue weighted by atomic mass is 35.5. The average Bonchev–Trinajstić information content (AvgIpc) is 3.10. The summed E-state index contributed by atoms with van der Waals surface area (Å²) in [6.07, 6.45) is 5.39. The van der Waals surface area contributed by atoms with Gasteiger partial charge in [0.2, 0.25) is 0 Å².